The van der Waals surface area contributed by atoms with E-state index in [4.69, 9.17) is 21.6 Å². The van der Waals surface area contributed by atoms with Crippen LogP contribution < -0.4 is 0 Å². The van der Waals surface area contributed by atoms with Crippen LogP contribution in [-0.4, -0.2) is 17.6 Å². The molecule has 15 heavy (non-hydrogen) atoms. The molecule has 1 rings (SSSR count). The van der Waals surface area contributed by atoms with Gasteiger partial charge in [-0.2, -0.15) is 5.26 Å². The van der Waals surface area contributed by atoms with Crippen LogP contribution in [-0.2, 0) is 11.2 Å². The second-order valence-electron chi connectivity index (χ2n) is 2.72. The van der Waals surface area contributed by atoms with E-state index < -0.39 is 5.97 Å². The lowest BCUT2D eigenvalue weighted by atomic mass is 10.1. The molecule has 0 saturated heterocycles. The predicted octanol–water partition coefficient (Wildman–Crippen LogP) is 1.98. The third-order valence-electron chi connectivity index (χ3n) is 1.72. The average Bonchev–Trinajstić information content (AvgIpc) is 2.21. The summed E-state index contributed by atoms with van der Waals surface area (Å²) in [5.74, 6) is -0.480. The van der Waals surface area contributed by atoms with E-state index in [1.54, 1.807) is 6.92 Å². The number of halogens is 1. The standard InChI is InChI=1S/C10H9ClN2O2/c1-2-15-10(14)8-5-9(11)13-6-7(8)3-4-12/h5-6H,2-3H2,1H3. The number of carbonyl (C=O) groups is 1. The summed E-state index contributed by atoms with van der Waals surface area (Å²) in [4.78, 5) is 15.3. The van der Waals surface area contributed by atoms with Crippen molar-refractivity contribution in [3.63, 3.8) is 0 Å². The number of hydrogen-bond donors (Lipinski definition) is 0. The maximum atomic E-state index is 11.5. The molecule has 0 radical (unpaired) electrons. The maximum absolute atomic E-state index is 11.5. The Kier molecular flexibility index (Phi) is 4.07. The smallest absolute Gasteiger partial charge is 0.338 e. The summed E-state index contributed by atoms with van der Waals surface area (Å²) < 4.78 is 4.84. The molecule has 1 aromatic heterocycles. The summed E-state index contributed by atoms with van der Waals surface area (Å²) in [6, 6.07) is 3.36. The highest BCUT2D eigenvalue weighted by Gasteiger charge is 2.13. The second kappa shape index (κ2) is 5.32. The Morgan fingerprint density at radius 2 is 2.47 bits per heavy atom. The van der Waals surface area contributed by atoms with Crippen molar-refractivity contribution in [3.8, 4) is 6.07 Å². The fourth-order valence-corrected chi connectivity index (χ4v) is 1.24. The number of ether oxygens (including phenoxy) is 1. The van der Waals surface area contributed by atoms with Crippen molar-refractivity contribution < 1.29 is 9.53 Å². The Hall–Kier alpha value is -1.60. The molecular weight excluding hydrogens is 216 g/mol. The minimum atomic E-state index is -0.480. The first-order valence-corrected chi connectivity index (χ1v) is 4.75. The van der Waals surface area contributed by atoms with E-state index in [0.29, 0.717) is 11.1 Å². The van der Waals surface area contributed by atoms with Crippen molar-refractivity contribution in [1.29, 1.82) is 5.26 Å². The SMILES string of the molecule is CCOC(=O)c1cc(Cl)ncc1CC#N. The lowest BCUT2D eigenvalue weighted by molar-refractivity contribution is 0.0525. The molecule has 0 saturated carbocycles. The fraction of sp³-hybridized carbons (Fsp3) is 0.300. The number of esters is 1. The van der Waals surface area contributed by atoms with Crippen molar-refractivity contribution in [2.24, 2.45) is 0 Å². The number of rotatable bonds is 3. The molecular formula is C10H9ClN2O2. The third kappa shape index (κ3) is 2.93. The van der Waals surface area contributed by atoms with E-state index in [9.17, 15) is 4.79 Å². The number of hydrogen-bond acceptors (Lipinski definition) is 4. The van der Waals surface area contributed by atoms with Crippen LogP contribution in [0.15, 0.2) is 12.3 Å². The van der Waals surface area contributed by atoms with Gasteiger partial charge in [-0.1, -0.05) is 11.6 Å². The topological polar surface area (TPSA) is 63.0 Å². The number of carbonyl (C=O) groups excluding carboxylic acids is 1. The van der Waals surface area contributed by atoms with Crippen molar-refractivity contribution in [1.82, 2.24) is 4.98 Å². The Morgan fingerprint density at radius 3 is 3.07 bits per heavy atom. The first-order chi connectivity index (χ1) is 7.19. The Bertz CT molecular complexity index is 412. The normalized spacial score (nSPS) is 9.40. The van der Waals surface area contributed by atoms with Crippen LogP contribution in [0, 0.1) is 11.3 Å². The van der Waals surface area contributed by atoms with Crippen LogP contribution in [0.1, 0.15) is 22.8 Å². The molecule has 0 N–H and O–H groups in total. The molecule has 0 aliphatic carbocycles. The lowest BCUT2D eigenvalue weighted by Gasteiger charge is -2.05. The monoisotopic (exact) mass is 224 g/mol. The zero-order valence-electron chi connectivity index (χ0n) is 8.16. The molecule has 0 spiro atoms. The van der Waals surface area contributed by atoms with Crippen molar-refractivity contribution in [3.05, 3.63) is 28.5 Å². The summed E-state index contributed by atoms with van der Waals surface area (Å²) in [7, 11) is 0. The van der Waals surface area contributed by atoms with Crippen LogP contribution >= 0.6 is 11.6 Å². The highest BCUT2D eigenvalue weighted by Crippen LogP contribution is 2.14. The third-order valence-corrected chi connectivity index (χ3v) is 1.92. The molecule has 78 valence electrons. The van der Waals surface area contributed by atoms with Crippen molar-refractivity contribution >= 4 is 17.6 Å². The zero-order valence-corrected chi connectivity index (χ0v) is 8.91. The van der Waals surface area contributed by atoms with Gasteiger partial charge in [0, 0.05) is 6.20 Å². The predicted molar refractivity (Wildman–Crippen MR) is 54.5 cm³/mol. The molecule has 0 aliphatic rings. The number of aromatic nitrogens is 1. The van der Waals surface area contributed by atoms with Gasteiger partial charge in [-0.15, -0.1) is 0 Å². The van der Waals surface area contributed by atoms with E-state index in [0.717, 1.165) is 0 Å². The number of pyridine rings is 1. The number of nitriles is 1. The lowest BCUT2D eigenvalue weighted by Crippen LogP contribution is -2.08. The van der Waals surface area contributed by atoms with E-state index in [1.165, 1.54) is 12.3 Å². The quantitative estimate of drug-likeness (QED) is 0.582. The Morgan fingerprint density at radius 1 is 1.73 bits per heavy atom. The van der Waals surface area contributed by atoms with Crippen molar-refractivity contribution in [2.45, 2.75) is 13.3 Å². The highest BCUT2D eigenvalue weighted by molar-refractivity contribution is 6.29. The molecule has 4 nitrogen and oxygen atoms in total. The first-order valence-electron chi connectivity index (χ1n) is 4.37. The van der Waals surface area contributed by atoms with Crippen LogP contribution in [0.4, 0.5) is 0 Å². The molecule has 0 amide bonds. The van der Waals surface area contributed by atoms with Gasteiger partial charge in [-0.3, -0.25) is 0 Å². The summed E-state index contributed by atoms with van der Waals surface area (Å²) in [6.07, 6.45) is 1.52. The van der Waals surface area contributed by atoms with Gasteiger partial charge in [0.15, 0.2) is 0 Å². The minimum Gasteiger partial charge on any atom is -0.462 e. The molecule has 0 unspecified atom stereocenters. The van der Waals surface area contributed by atoms with Gasteiger partial charge in [0.05, 0.1) is 24.7 Å². The summed E-state index contributed by atoms with van der Waals surface area (Å²) in [5.41, 5.74) is 0.832. The van der Waals surface area contributed by atoms with E-state index in [-0.39, 0.29) is 18.2 Å². The summed E-state index contributed by atoms with van der Waals surface area (Å²) in [6.45, 7) is 2.00. The van der Waals surface area contributed by atoms with E-state index >= 15 is 0 Å². The Balaban J connectivity index is 3.07. The second-order valence-corrected chi connectivity index (χ2v) is 3.11. The molecule has 0 fully saturated rings. The van der Waals surface area contributed by atoms with Gasteiger partial charge in [-0.05, 0) is 18.6 Å². The van der Waals surface area contributed by atoms with Gasteiger partial charge < -0.3 is 4.74 Å². The van der Waals surface area contributed by atoms with Crippen LogP contribution in [0.3, 0.4) is 0 Å². The van der Waals surface area contributed by atoms with Crippen LogP contribution in [0.5, 0.6) is 0 Å². The zero-order chi connectivity index (χ0) is 11.3. The molecule has 1 aromatic rings. The van der Waals surface area contributed by atoms with Crippen LogP contribution in [0.2, 0.25) is 5.15 Å². The summed E-state index contributed by atoms with van der Waals surface area (Å²) in [5, 5.41) is 8.77. The molecule has 0 aliphatic heterocycles. The van der Waals surface area contributed by atoms with E-state index in [1.807, 2.05) is 6.07 Å². The summed E-state index contributed by atoms with van der Waals surface area (Å²) >= 11 is 5.66. The van der Waals surface area contributed by atoms with Crippen LogP contribution in [0.25, 0.3) is 0 Å². The van der Waals surface area contributed by atoms with Gasteiger partial charge in [0.25, 0.3) is 0 Å². The van der Waals surface area contributed by atoms with E-state index in [2.05, 4.69) is 4.98 Å². The van der Waals surface area contributed by atoms with Gasteiger partial charge in [0.2, 0.25) is 0 Å². The molecule has 5 heteroatoms. The number of nitrogens with zero attached hydrogens (tertiary/aromatic N) is 2. The molecule has 0 bridgehead atoms. The minimum absolute atomic E-state index is 0.109. The maximum Gasteiger partial charge on any atom is 0.338 e. The Labute approximate surface area is 92.4 Å². The van der Waals surface area contributed by atoms with Crippen molar-refractivity contribution in [2.75, 3.05) is 6.61 Å². The molecule has 0 aromatic carbocycles. The highest BCUT2D eigenvalue weighted by atomic mass is 35.5. The molecule has 1 heterocycles. The van der Waals surface area contributed by atoms with Gasteiger partial charge in [-0.25, -0.2) is 9.78 Å². The van der Waals surface area contributed by atoms with Gasteiger partial charge in [0.1, 0.15) is 5.15 Å². The first kappa shape index (κ1) is 11.5. The molecule has 0 atom stereocenters. The fourth-order valence-electron chi connectivity index (χ4n) is 1.08. The average molecular weight is 225 g/mol. The van der Waals surface area contributed by atoms with Gasteiger partial charge >= 0.3 is 5.97 Å². The largest absolute Gasteiger partial charge is 0.462 e.